The maximum Gasteiger partial charge on any atom is 0.0442 e. The molecular weight excluding hydrogens is 202 g/mol. The van der Waals surface area contributed by atoms with E-state index < -0.39 is 0 Å². The van der Waals surface area contributed by atoms with Gasteiger partial charge in [0, 0.05) is 23.7 Å². The fourth-order valence-corrected chi connectivity index (χ4v) is 3.59. The molecule has 0 atom stereocenters. The molecule has 2 aliphatic heterocycles. The van der Waals surface area contributed by atoms with E-state index in [1.165, 1.54) is 43.7 Å². The Morgan fingerprint density at radius 2 is 1.93 bits per heavy atom. The molecule has 3 rings (SSSR count). The normalized spacial score (nSPS) is 18.9. The molecule has 2 heterocycles. The second-order valence-corrected chi connectivity index (χ2v) is 5.30. The van der Waals surface area contributed by atoms with Gasteiger partial charge in [-0.25, -0.2) is 0 Å². The smallest absolute Gasteiger partial charge is 0.0442 e. The number of benzene rings is 1. The zero-order chi connectivity index (χ0) is 10.3. The van der Waals surface area contributed by atoms with Gasteiger partial charge in [0.15, 0.2) is 0 Å². The van der Waals surface area contributed by atoms with Crippen LogP contribution in [0.2, 0.25) is 0 Å². The first kappa shape index (κ1) is 9.59. The molecule has 0 aromatic heterocycles. The highest BCUT2D eigenvalue weighted by atomic mass is 32.2. The van der Waals surface area contributed by atoms with E-state index in [0.29, 0.717) is 0 Å². The highest BCUT2D eigenvalue weighted by Crippen LogP contribution is 2.39. The summed E-state index contributed by atoms with van der Waals surface area (Å²) in [7, 11) is 0. The van der Waals surface area contributed by atoms with Gasteiger partial charge in [-0.2, -0.15) is 0 Å². The highest BCUT2D eigenvalue weighted by molar-refractivity contribution is 7.98. The Labute approximate surface area is 95.9 Å². The molecule has 0 amide bonds. The second-order valence-electron chi connectivity index (χ2n) is 4.45. The van der Waals surface area contributed by atoms with Crippen molar-refractivity contribution in [3.8, 4) is 0 Å². The van der Waals surface area contributed by atoms with Crippen molar-refractivity contribution in [2.24, 2.45) is 0 Å². The van der Waals surface area contributed by atoms with E-state index in [9.17, 15) is 0 Å². The summed E-state index contributed by atoms with van der Waals surface area (Å²) in [5.74, 6) is 0. The zero-order valence-electron chi connectivity index (χ0n) is 9.25. The van der Waals surface area contributed by atoms with Crippen LogP contribution < -0.4 is 4.90 Å². The van der Waals surface area contributed by atoms with Crippen molar-refractivity contribution in [1.29, 1.82) is 0 Å². The van der Waals surface area contributed by atoms with Gasteiger partial charge in [-0.1, -0.05) is 6.07 Å². The average molecular weight is 219 g/mol. The molecule has 80 valence electrons. The largest absolute Gasteiger partial charge is 0.371 e. The Morgan fingerprint density at radius 3 is 2.73 bits per heavy atom. The first-order valence-corrected chi connectivity index (χ1v) is 7.06. The van der Waals surface area contributed by atoms with Gasteiger partial charge >= 0.3 is 0 Å². The van der Waals surface area contributed by atoms with Gasteiger partial charge in [0.05, 0.1) is 0 Å². The number of thioether (sulfide) groups is 1. The summed E-state index contributed by atoms with van der Waals surface area (Å²) >= 11 is 1.90. The molecule has 1 aromatic carbocycles. The lowest BCUT2D eigenvalue weighted by molar-refractivity contribution is 0.628. The zero-order valence-corrected chi connectivity index (χ0v) is 10.1. The number of anilines is 1. The molecule has 0 fully saturated rings. The van der Waals surface area contributed by atoms with E-state index in [1.807, 2.05) is 11.8 Å². The Kier molecular flexibility index (Phi) is 2.39. The lowest BCUT2D eigenvalue weighted by Gasteiger charge is -2.37. The fraction of sp³-hybridized carbons (Fsp3) is 0.538. The fourth-order valence-electron chi connectivity index (χ4n) is 2.94. The minimum absolute atomic E-state index is 1.28. The summed E-state index contributed by atoms with van der Waals surface area (Å²) in [4.78, 5) is 4.11. The first-order valence-electron chi connectivity index (χ1n) is 5.84. The summed E-state index contributed by atoms with van der Waals surface area (Å²) in [6.07, 6.45) is 7.44. The SMILES string of the molecule is CSc1ccc2c3c1CCCN3CCC2. The lowest BCUT2D eigenvalue weighted by Crippen LogP contribution is -2.34. The molecule has 1 nitrogen and oxygen atoms in total. The standard InChI is InChI=1S/C13H17NS/c1-15-12-7-6-10-4-2-8-14-9-3-5-11(12)13(10)14/h6-7H,2-5,8-9H2,1H3. The highest BCUT2D eigenvalue weighted by Gasteiger charge is 2.24. The Balaban J connectivity index is 2.18. The van der Waals surface area contributed by atoms with E-state index in [0.717, 1.165) is 0 Å². The van der Waals surface area contributed by atoms with E-state index in [1.54, 1.807) is 16.8 Å². The molecule has 2 heteroatoms. The van der Waals surface area contributed by atoms with E-state index in [2.05, 4.69) is 23.3 Å². The molecule has 0 bridgehead atoms. The molecule has 15 heavy (non-hydrogen) atoms. The van der Waals surface area contributed by atoms with Crippen molar-refractivity contribution in [2.75, 3.05) is 24.2 Å². The average Bonchev–Trinajstić information content (AvgIpc) is 2.30. The summed E-state index contributed by atoms with van der Waals surface area (Å²) in [5.41, 5.74) is 4.82. The van der Waals surface area contributed by atoms with Gasteiger partial charge in [0.1, 0.15) is 0 Å². The monoisotopic (exact) mass is 219 g/mol. The summed E-state index contributed by atoms with van der Waals surface area (Å²) < 4.78 is 0. The third kappa shape index (κ3) is 1.46. The number of hydrogen-bond donors (Lipinski definition) is 0. The van der Waals surface area contributed by atoms with Crippen LogP contribution in [0, 0.1) is 0 Å². The van der Waals surface area contributed by atoms with Crippen LogP contribution in [-0.4, -0.2) is 19.3 Å². The second kappa shape index (κ2) is 3.75. The summed E-state index contributed by atoms with van der Waals surface area (Å²) in [6.45, 7) is 2.55. The van der Waals surface area contributed by atoms with Gasteiger partial charge < -0.3 is 4.90 Å². The summed E-state index contributed by atoms with van der Waals surface area (Å²) in [5, 5.41) is 0. The van der Waals surface area contributed by atoms with Crippen LogP contribution in [0.4, 0.5) is 5.69 Å². The van der Waals surface area contributed by atoms with E-state index >= 15 is 0 Å². The topological polar surface area (TPSA) is 3.24 Å². The predicted molar refractivity (Wildman–Crippen MR) is 67.1 cm³/mol. The van der Waals surface area contributed by atoms with Crippen LogP contribution in [0.3, 0.4) is 0 Å². The Morgan fingerprint density at radius 1 is 1.13 bits per heavy atom. The first-order chi connectivity index (χ1) is 7.40. The third-order valence-corrected chi connectivity index (χ3v) is 4.41. The van der Waals surface area contributed by atoms with Gasteiger partial charge in [-0.3, -0.25) is 0 Å². The maximum atomic E-state index is 2.61. The Bertz CT molecular complexity index is 384. The molecule has 0 N–H and O–H groups in total. The molecule has 0 spiro atoms. The van der Waals surface area contributed by atoms with Crippen molar-refractivity contribution in [1.82, 2.24) is 0 Å². The van der Waals surface area contributed by atoms with Crippen LogP contribution >= 0.6 is 11.8 Å². The van der Waals surface area contributed by atoms with Crippen LogP contribution in [-0.2, 0) is 12.8 Å². The van der Waals surface area contributed by atoms with Gasteiger partial charge in [0.25, 0.3) is 0 Å². The van der Waals surface area contributed by atoms with Crippen molar-refractivity contribution in [3.63, 3.8) is 0 Å². The third-order valence-electron chi connectivity index (χ3n) is 3.59. The maximum absolute atomic E-state index is 2.61. The van der Waals surface area contributed by atoms with Crippen LogP contribution in [0.25, 0.3) is 0 Å². The number of aryl methyl sites for hydroxylation is 1. The molecule has 0 aliphatic carbocycles. The Hall–Kier alpha value is -0.630. The summed E-state index contributed by atoms with van der Waals surface area (Å²) in [6, 6.07) is 4.68. The molecular formula is C13H17NS. The molecule has 0 saturated heterocycles. The van der Waals surface area contributed by atoms with Crippen molar-refractivity contribution in [3.05, 3.63) is 23.3 Å². The number of hydrogen-bond acceptors (Lipinski definition) is 2. The van der Waals surface area contributed by atoms with E-state index in [4.69, 9.17) is 0 Å². The van der Waals surface area contributed by atoms with Crippen LogP contribution in [0.5, 0.6) is 0 Å². The predicted octanol–water partition coefficient (Wildman–Crippen LogP) is 3.11. The number of nitrogens with zero attached hydrogens (tertiary/aromatic N) is 1. The van der Waals surface area contributed by atoms with Crippen molar-refractivity contribution in [2.45, 2.75) is 30.6 Å². The number of rotatable bonds is 1. The van der Waals surface area contributed by atoms with Crippen LogP contribution in [0.15, 0.2) is 17.0 Å². The molecule has 0 unspecified atom stereocenters. The van der Waals surface area contributed by atoms with E-state index in [-0.39, 0.29) is 0 Å². The van der Waals surface area contributed by atoms with Crippen molar-refractivity contribution < 1.29 is 0 Å². The minimum Gasteiger partial charge on any atom is -0.371 e. The molecule has 0 radical (unpaired) electrons. The quantitative estimate of drug-likeness (QED) is 0.668. The van der Waals surface area contributed by atoms with Gasteiger partial charge in [-0.15, -0.1) is 11.8 Å². The minimum atomic E-state index is 1.28. The molecule has 1 aromatic rings. The molecule has 2 aliphatic rings. The molecule has 0 saturated carbocycles. The van der Waals surface area contributed by atoms with Crippen molar-refractivity contribution >= 4 is 17.4 Å². The van der Waals surface area contributed by atoms with Gasteiger partial charge in [-0.05, 0) is 49.1 Å². The van der Waals surface area contributed by atoms with Gasteiger partial charge in [0.2, 0.25) is 0 Å². The lowest BCUT2D eigenvalue weighted by atomic mass is 9.92. The van der Waals surface area contributed by atoms with Crippen LogP contribution in [0.1, 0.15) is 24.0 Å².